The second-order valence-corrected chi connectivity index (χ2v) is 9.84. The normalized spacial score (nSPS) is 24.7. The van der Waals surface area contributed by atoms with Crippen molar-refractivity contribution in [3.8, 4) is 11.1 Å². The van der Waals surface area contributed by atoms with Crippen molar-refractivity contribution < 1.29 is 14.3 Å². The van der Waals surface area contributed by atoms with E-state index in [1.807, 2.05) is 48.5 Å². The molecule has 3 aromatic carbocycles. The highest BCUT2D eigenvalue weighted by Gasteiger charge is 2.47. The minimum absolute atomic E-state index is 0.111. The number of ketones is 1. The number of benzene rings is 3. The van der Waals surface area contributed by atoms with Crippen LogP contribution >= 0.6 is 0 Å². The molecular weight excluding hydrogens is 413 g/mol. The first-order valence-corrected chi connectivity index (χ1v) is 11.9. The number of hydrogen-bond acceptors (Lipinski definition) is 3. The summed E-state index contributed by atoms with van der Waals surface area (Å²) >= 11 is 0. The van der Waals surface area contributed by atoms with Crippen LogP contribution in [0.4, 0.5) is 4.39 Å². The maximum Gasteiger partial charge on any atom is 0.176 e. The first-order chi connectivity index (χ1) is 16.0. The first kappa shape index (κ1) is 22.0. The largest absolute Gasteiger partial charge is 0.390 e. The summed E-state index contributed by atoms with van der Waals surface area (Å²) < 4.78 is 13.5. The van der Waals surface area contributed by atoms with Crippen LogP contribution < -0.4 is 0 Å². The van der Waals surface area contributed by atoms with E-state index in [-0.39, 0.29) is 11.6 Å². The lowest BCUT2D eigenvalue weighted by molar-refractivity contribution is 0.0271. The highest BCUT2D eigenvalue weighted by Crippen LogP contribution is 2.45. The maximum absolute atomic E-state index is 13.5. The van der Waals surface area contributed by atoms with Gasteiger partial charge in [-0.05, 0) is 66.3 Å². The zero-order valence-corrected chi connectivity index (χ0v) is 18.8. The minimum atomic E-state index is -0.575. The van der Waals surface area contributed by atoms with Crippen LogP contribution in [0.1, 0.15) is 35.2 Å². The van der Waals surface area contributed by atoms with Gasteiger partial charge in [-0.2, -0.15) is 0 Å². The molecule has 0 amide bonds. The van der Waals surface area contributed by atoms with Crippen LogP contribution in [0.5, 0.6) is 0 Å². The fraction of sp³-hybridized carbons (Fsp3) is 0.345. The molecule has 1 saturated heterocycles. The van der Waals surface area contributed by atoms with Gasteiger partial charge in [0.05, 0.1) is 12.1 Å². The Bertz CT molecular complexity index is 1100. The van der Waals surface area contributed by atoms with Gasteiger partial charge in [-0.25, -0.2) is 4.39 Å². The van der Waals surface area contributed by atoms with E-state index < -0.39 is 5.60 Å². The second kappa shape index (κ2) is 9.20. The van der Waals surface area contributed by atoms with Crippen molar-refractivity contribution >= 4 is 5.78 Å². The lowest BCUT2D eigenvalue weighted by Crippen LogP contribution is -2.33. The predicted molar refractivity (Wildman–Crippen MR) is 129 cm³/mol. The number of aliphatic hydroxyl groups is 1. The number of rotatable bonds is 7. The molecule has 0 aromatic heterocycles. The van der Waals surface area contributed by atoms with Crippen LogP contribution in [0.3, 0.4) is 0 Å². The van der Waals surface area contributed by atoms with Gasteiger partial charge in [0.2, 0.25) is 0 Å². The molecule has 2 fully saturated rings. The quantitative estimate of drug-likeness (QED) is 0.499. The Labute approximate surface area is 194 Å². The maximum atomic E-state index is 13.5. The third kappa shape index (κ3) is 5.07. The SMILES string of the molecule is O=C(CN1CC2CC(O)(CCc3ccccc3)CC2C1)c1ccc(-c2cccc(F)c2)cc1. The van der Waals surface area contributed by atoms with Crippen molar-refractivity contribution in [2.45, 2.75) is 31.3 Å². The Morgan fingerprint density at radius 3 is 2.27 bits per heavy atom. The van der Waals surface area contributed by atoms with E-state index in [2.05, 4.69) is 17.0 Å². The summed E-state index contributed by atoms with van der Waals surface area (Å²) in [5.41, 5.74) is 3.09. The summed E-state index contributed by atoms with van der Waals surface area (Å²) in [6, 6.07) is 24.3. The standard InChI is InChI=1S/C29H30FNO2/c30-27-8-4-7-24(15-27)22-9-11-23(12-10-22)28(32)20-31-18-25-16-29(33,17-26(25)19-31)14-13-21-5-2-1-3-6-21/h1-12,15,25-26,33H,13-14,16-20H2. The van der Waals surface area contributed by atoms with Crippen molar-refractivity contribution in [1.29, 1.82) is 0 Å². The van der Waals surface area contributed by atoms with Gasteiger partial charge in [-0.1, -0.05) is 66.7 Å². The lowest BCUT2D eigenvalue weighted by Gasteiger charge is -2.26. The van der Waals surface area contributed by atoms with E-state index in [9.17, 15) is 14.3 Å². The number of fused-ring (bicyclic) bond motifs is 1. The molecule has 1 saturated carbocycles. The molecule has 0 spiro atoms. The predicted octanol–water partition coefficient (Wildman–Crippen LogP) is 5.38. The number of carbonyl (C=O) groups excluding carboxylic acids is 1. The molecule has 1 aliphatic carbocycles. The topological polar surface area (TPSA) is 40.5 Å². The van der Waals surface area contributed by atoms with Crippen molar-refractivity contribution in [3.05, 3.63) is 95.8 Å². The van der Waals surface area contributed by atoms with E-state index in [4.69, 9.17) is 0 Å². The van der Waals surface area contributed by atoms with Crippen molar-refractivity contribution in [2.24, 2.45) is 11.8 Å². The average Bonchev–Trinajstić information content (AvgIpc) is 3.33. The number of nitrogens with zero attached hydrogens (tertiary/aromatic N) is 1. The summed E-state index contributed by atoms with van der Waals surface area (Å²) in [5.74, 6) is 0.780. The summed E-state index contributed by atoms with van der Waals surface area (Å²) in [5, 5.41) is 11.1. The Morgan fingerprint density at radius 2 is 1.61 bits per heavy atom. The summed E-state index contributed by atoms with van der Waals surface area (Å²) in [6.45, 7) is 2.17. The van der Waals surface area contributed by atoms with Crippen LogP contribution in [0.2, 0.25) is 0 Å². The van der Waals surface area contributed by atoms with Gasteiger partial charge in [0, 0.05) is 18.7 Å². The molecule has 2 aliphatic rings. The van der Waals surface area contributed by atoms with Crippen molar-refractivity contribution in [2.75, 3.05) is 19.6 Å². The average molecular weight is 444 g/mol. The highest BCUT2D eigenvalue weighted by molar-refractivity contribution is 5.98. The fourth-order valence-electron chi connectivity index (χ4n) is 5.72. The van der Waals surface area contributed by atoms with E-state index in [1.54, 1.807) is 6.07 Å². The molecule has 1 heterocycles. The first-order valence-electron chi connectivity index (χ1n) is 11.9. The van der Waals surface area contributed by atoms with Crippen LogP contribution in [0.25, 0.3) is 11.1 Å². The molecule has 4 heteroatoms. The van der Waals surface area contributed by atoms with E-state index in [0.29, 0.717) is 23.9 Å². The van der Waals surface area contributed by atoms with Gasteiger partial charge >= 0.3 is 0 Å². The van der Waals surface area contributed by atoms with Crippen LogP contribution in [-0.2, 0) is 6.42 Å². The van der Waals surface area contributed by atoms with E-state index in [1.165, 1.54) is 17.7 Å². The molecule has 2 atom stereocenters. The van der Waals surface area contributed by atoms with Crippen molar-refractivity contribution in [1.82, 2.24) is 4.90 Å². The van der Waals surface area contributed by atoms with E-state index >= 15 is 0 Å². The third-order valence-corrected chi connectivity index (χ3v) is 7.39. The number of aryl methyl sites for hydroxylation is 1. The Hall–Kier alpha value is -2.82. The Kier molecular flexibility index (Phi) is 6.13. The fourth-order valence-corrected chi connectivity index (χ4v) is 5.72. The van der Waals surface area contributed by atoms with Crippen molar-refractivity contribution in [3.63, 3.8) is 0 Å². The smallest absolute Gasteiger partial charge is 0.176 e. The van der Waals surface area contributed by atoms with Gasteiger partial charge in [-0.15, -0.1) is 0 Å². The van der Waals surface area contributed by atoms with Gasteiger partial charge in [0.1, 0.15) is 5.82 Å². The molecule has 170 valence electrons. The van der Waals surface area contributed by atoms with Crippen LogP contribution in [-0.4, -0.2) is 41.0 Å². The summed E-state index contributed by atoms with van der Waals surface area (Å²) in [6.07, 6.45) is 3.38. The van der Waals surface area contributed by atoms with Gasteiger partial charge < -0.3 is 5.11 Å². The summed E-state index contributed by atoms with van der Waals surface area (Å²) in [4.78, 5) is 15.1. The number of likely N-dealkylation sites (tertiary alicyclic amines) is 1. The number of hydrogen-bond donors (Lipinski definition) is 1. The number of Topliss-reactive ketones (excluding diaryl/α,β-unsaturated/α-hetero) is 1. The molecule has 0 radical (unpaired) electrons. The number of halogens is 1. The van der Waals surface area contributed by atoms with Crippen LogP contribution in [0.15, 0.2) is 78.9 Å². The molecule has 5 rings (SSSR count). The molecular formula is C29H30FNO2. The third-order valence-electron chi connectivity index (χ3n) is 7.39. The molecule has 3 nitrogen and oxygen atoms in total. The second-order valence-electron chi connectivity index (χ2n) is 9.84. The zero-order valence-electron chi connectivity index (χ0n) is 18.8. The molecule has 1 N–H and O–H groups in total. The Morgan fingerprint density at radius 1 is 0.909 bits per heavy atom. The highest BCUT2D eigenvalue weighted by atomic mass is 19.1. The van der Waals surface area contributed by atoms with Gasteiger partial charge in [-0.3, -0.25) is 9.69 Å². The lowest BCUT2D eigenvalue weighted by atomic mass is 9.91. The van der Waals surface area contributed by atoms with Crippen LogP contribution in [0, 0.1) is 17.7 Å². The molecule has 33 heavy (non-hydrogen) atoms. The molecule has 2 unspecified atom stereocenters. The minimum Gasteiger partial charge on any atom is -0.390 e. The zero-order chi connectivity index (χ0) is 22.8. The molecule has 1 aliphatic heterocycles. The summed E-state index contributed by atoms with van der Waals surface area (Å²) in [7, 11) is 0. The van der Waals surface area contributed by atoms with E-state index in [0.717, 1.165) is 49.9 Å². The number of carbonyl (C=O) groups is 1. The van der Waals surface area contributed by atoms with Gasteiger partial charge in [0.15, 0.2) is 5.78 Å². The molecule has 3 aromatic rings. The monoisotopic (exact) mass is 443 g/mol. The van der Waals surface area contributed by atoms with Gasteiger partial charge in [0.25, 0.3) is 0 Å². The molecule has 0 bridgehead atoms. The Balaban J connectivity index is 1.14.